The van der Waals surface area contributed by atoms with E-state index in [9.17, 15) is 4.79 Å². The number of nitrogens with zero attached hydrogens (tertiary/aromatic N) is 3. The van der Waals surface area contributed by atoms with Crippen molar-refractivity contribution in [2.75, 3.05) is 43.4 Å². The summed E-state index contributed by atoms with van der Waals surface area (Å²) in [7, 11) is 2.15. The summed E-state index contributed by atoms with van der Waals surface area (Å²) in [5, 5.41) is 2.87. The number of anilines is 2. The summed E-state index contributed by atoms with van der Waals surface area (Å²) < 4.78 is 0. The zero-order valence-corrected chi connectivity index (χ0v) is 13.0. The quantitative estimate of drug-likeness (QED) is 0.906. The van der Waals surface area contributed by atoms with Gasteiger partial charge in [-0.25, -0.2) is 4.98 Å². The lowest BCUT2D eigenvalue weighted by atomic mass is 10.2. The van der Waals surface area contributed by atoms with Crippen LogP contribution in [0.15, 0.2) is 30.6 Å². The maximum atomic E-state index is 12.1. The van der Waals surface area contributed by atoms with Gasteiger partial charge in [-0.15, -0.1) is 0 Å². The van der Waals surface area contributed by atoms with Crippen LogP contribution in [0.25, 0.3) is 0 Å². The molecule has 1 fully saturated rings. The minimum atomic E-state index is -0.189. The van der Waals surface area contributed by atoms with Crippen LogP contribution >= 0.6 is 0 Å². The molecule has 3 rings (SSSR count). The Kier molecular flexibility index (Phi) is 4.11. The number of imidazole rings is 1. The molecule has 116 valence electrons. The van der Waals surface area contributed by atoms with E-state index in [1.807, 2.05) is 19.1 Å². The van der Waals surface area contributed by atoms with Crippen LogP contribution in [0.3, 0.4) is 0 Å². The zero-order valence-electron chi connectivity index (χ0n) is 13.0. The summed E-state index contributed by atoms with van der Waals surface area (Å²) in [6.07, 6.45) is 1.53. The smallest absolute Gasteiger partial charge is 0.276 e. The SMILES string of the molecule is Cc1[nH]cnc1C(=O)Nc1ccc(N2CCN(C)CC2)cc1. The van der Waals surface area contributed by atoms with E-state index in [1.54, 1.807) is 0 Å². The molecule has 2 N–H and O–H groups in total. The highest BCUT2D eigenvalue weighted by Crippen LogP contribution is 2.19. The fourth-order valence-corrected chi connectivity index (χ4v) is 2.60. The number of benzene rings is 1. The molecule has 0 unspecified atom stereocenters. The number of aromatic amines is 1. The van der Waals surface area contributed by atoms with E-state index >= 15 is 0 Å². The molecule has 0 bridgehead atoms. The number of aromatic nitrogens is 2. The van der Waals surface area contributed by atoms with Gasteiger partial charge in [0.1, 0.15) is 5.69 Å². The van der Waals surface area contributed by atoms with Crippen LogP contribution in [0.4, 0.5) is 11.4 Å². The number of hydrogen-bond donors (Lipinski definition) is 2. The first-order valence-electron chi connectivity index (χ1n) is 7.48. The summed E-state index contributed by atoms with van der Waals surface area (Å²) in [5.41, 5.74) is 3.18. The molecule has 0 spiro atoms. The van der Waals surface area contributed by atoms with Crippen molar-refractivity contribution in [3.63, 3.8) is 0 Å². The molecule has 0 atom stereocenters. The Morgan fingerprint density at radius 3 is 2.45 bits per heavy atom. The first kappa shape index (κ1) is 14.6. The number of rotatable bonds is 3. The van der Waals surface area contributed by atoms with Crippen molar-refractivity contribution in [3.8, 4) is 0 Å². The third-order valence-corrected chi connectivity index (χ3v) is 4.04. The van der Waals surface area contributed by atoms with Crippen LogP contribution in [0, 0.1) is 6.92 Å². The van der Waals surface area contributed by atoms with Gasteiger partial charge in [0.25, 0.3) is 5.91 Å². The van der Waals surface area contributed by atoms with Crippen molar-refractivity contribution in [3.05, 3.63) is 42.0 Å². The molecule has 1 aliphatic rings. The van der Waals surface area contributed by atoms with Crippen LogP contribution < -0.4 is 10.2 Å². The maximum Gasteiger partial charge on any atom is 0.276 e. The molecule has 0 aliphatic carbocycles. The highest BCUT2D eigenvalue weighted by molar-refractivity contribution is 6.03. The second-order valence-electron chi connectivity index (χ2n) is 5.67. The summed E-state index contributed by atoms with van der Waals surface area (Å²) in [4.78, 5) is 23.7. The molecule has 1 saturated heterocycles. The van der Waals surface area contributed by atoms with Gasteiger partial charge in [-0.1, -0.05) is 0 Å². The molecular formula is C16H21N5O. The summed E-state index contributed by atoms with van der Waals surface area (Å²) in [6, 6.07) is 7.98. The molecule has 0 radical (unpaired) electrons. The average Bonchev–Trinajstić information content (AvgIpc) is 2.95. The normalized spacial score (nSPS) is 15.8. The van der Waals surface area contributed by atoms with Crippen molar-refractivity contribution < 1.29 is 4.79 Å². The van der Waals surface area contributed by atoms with Gasteiger partial charge >= 0.3 is 0 Å². The molecule has 1 aliphatic heterocycles. The standard InChI is InChI=1S/C16H21N5O/c1-12-15(18-11-17-12)16(22)19-13-3-5-14(6-4-13)21-9-7-20(2)8-10-21/h3-6,11H,7-10H2,1-2H3,(H,17,18)(H,19,22). The molecule has 2 heterocycles. The van der Waals surface area contributed by atoms with E-state index in [4.69, 9.17) is 0 Å². The van der Waals surface area contributed by atoms with E-state index in [2.05, 4.69) is 44.3 Å². The van der Waals surface area contributed by atoms with Crippen LogP contribution in [0.5, 0.6) is 0 Å². The fraction of sp³-hybridized carbons (Fsp3) is 0.375. The Hall–Kier alpha value is -2.34. The van der Waals surface area contributed by atoms with Gasteiger partial charge in [-0.2, -0.15) is 0 Å². The largest absolute Gasteiger partial charge is 0.369 e. The van der Waals surface area contributed by atoms with Gasteiger partial charge in [0.05, 0.1) is 6.33 Å². The number of likely N-dealkylation sites (N-methyl/N-ethyl adjacent to an activating group) is 1. The number of H-pyrrole nitrogens is 1. The lowest BCUT2D eigenvalue weighted by molar-refractivity contribution is 0.102. The van der Waals surface area contributed by atoms with Crippen molar-refractivity contribution >= 4 is 17.3 Å². The Bertz CT molecular complexity index is 641. The van der Waals surface area contributed by atoms with Crippen molar-refractivity contribution in [2.24, 2.45) is 0 Å². The van der Waals surface area contributed by atoms with Gasteiger partial charge in [0.15, 0.2) is 0 Å². The molecule has 6 nitrogen and oxygen atoms in total. The van der Waals surface area contributed by atoms with Crippen LogP contribution in [-0.2, 0) is 0 Å². The van der Waals surface area contributed by atoms with Crippen molar-refractivity contribution in [2.45, 2.75) is 6.92 Å². The number of carbonyl (C=O) groups excluding carboxylic acids is 1. The molecule has 1 aromatic carbocycles. The number of aryl methyl sites for hydroxylation is 1. The molecular weight excluding hydrogens is 278 g/mol. The monoisotopic (exact) mass is 299 g/mol. The molecule has 6 heteroatoms. The predicted molar refractivity (Wildman–Crippen MR) is 87.4 cm³/mol. The van der Waals surface area contributed by atoms with Gasteiger partial charge in [0, 0.05) is 43.2 Å². The number of carbonyl (C=O) groups is 1. The molecule has 22 heavy (non-hydrogen) atoms. The average molecular weight is 299 g/mol. The van der Waals surface area contributed by atoms with Gasteiger partial charge in [-0.3, -0.25) is 4.79 Å². The molecule has 1 aromatic heterocycles. The summed E-state index contributed by atoms with van der Waals surface area (Å²) in [6.45, 7) is 6.07. The van der Waals surface area contributed by atoms with Crippen LogP contribution in [-0.4, -0.2) is 54.0 Å². The van der Waals surface area contributed by atoms with E-state index in [0.717, 1.165) is 37.6 Å². The van der Waals surface area contributed by atoms with E-state index < -0.39 is 0 Å². The topological polar surface area (TPSA) is 64.3 Å². The summed E-state index contributed by atoms with van der Waals surface area (Å²) in [5.74, 6) is -0.189. The predicted octanol–water partition coefficient (Wildman–Crippen LogP) is 1.72. The second-order valence-corrected chi connectivity index (χ2v) is 5.67. The zero-order chi connectivity index (χ0) is 15.5. The van der Waals surface area contributed by atoms with Crippen molar-refractivity contribution in [1.29, 1.82) is 0 Å². The van der Waals surface area contributed by atoms with Gasteiger partial charge in [0.2, 0.25) is 0 Å². The third kappa shape index (κ3) is 3.12. The molecule has 2 aromatic rings. The number of piperazine rings is 1. The highest BCUT2D eigenvalue weighted by atomic mass is 16.1. The Morgan fingerprint density at radius 1 is 1.18 bits per heavy atom. The van der Waals surface area contributed by atoms with E-state index in [0.29, 0.717) is 5.69 Å². The first-order valence-corrected chi connectivity index (χ1v) is 7.48. The van der Waals surface area contributed by atoms with E-state index in [1.165, 1.54) is 12.0 Å². The minimum Gasteiger partial charge on any atom is -0.369 e. The lowest BCUT2D eigenvalue weighted by Gasteiger charge is -2.34. The maximum absolute atomic E-state index is 12.1. The number of hydrogen-bond acceptors (Lipinski definition) is 4. The van der Waals surface area contributed by atoms with Crippen molar-refractivity contribution in [1.82, 2.24) is 14.9 Å². The number of amides is 1. The Balaban J connectivity index is 1.64. The summed E-state index contributed by atoms with van der Waals surface area (Å²) >= 11 is 0. The first-order chi connectivity index (χ1) is 10.6. The number of nitrogens with one attached hydrogen (secondary N) is 2. The molecule has 1 amide bonds. The highest BCUT2D eigenvalue weighted by Gasteiger charge is 2.15. The third-order valence-electron chi connectivity index (χ3n) is 4.04. The second kappa shape index (κ2) is 6.19. The van der Waals surface area contributed by atoms with E-state index in [-0.39, 0.29) is 5.91 Å². The molecule has 0 saturated carbocycles. The fourth-order valence-electron chi connectivity index (χ4n) is 2.60. The van der Waals surface area contributed by atoms with Gasteiger partial charge < -0.3 is 20.1 Å². The lowest BCUT2D eigenvalue weighted by Crippen LogP contribution is -2.44. The van der Waals surface area contributed by atoms with Crippen LogP contribution in [0.2, 0.25) is 0 Å². The Morgan fingerprint density at radius 2 is 1.86 bits per heavy atom. The van der Waals surface area contributed by atoms with Crippen LogP contribution in [0.1, 0.15) is 16.2 Å². The van der Waals surface area contributed by atoms with Gasteiger partial charge in [-0.05, 0) is 38.2 Å². The Labute approximate surface area is 130 Å². The minimum absolute atomic E-state index is 0.189.